The van der Waals surface area contributed by atoms with Gasteiger partial charge in [-0.2, -0.15) is 0 Å². The van der Waals surface area contributed by atoms with Gasteiger partial charge in [0.2, 0.25) is 10.0 Å². The van der Waals surface area contributed by atoms with Crippen LogP contribution >= 0.6 is 11.6 Å². The van der Waals surface area contributed by atoms with Crippen molar-refractivity contribution < 1.29 is 17.6 Å². The van der Waals surface area contributed by atoms with Gasteiger partial charge < -0.3 is 9.15 Å². The van der Waals surface area contributed by atoms with Gasteiger partial charge in [-0.25, -0.2) is 18.5 Å². The summed E-state index contributed by atoms with van der Waals surface area (Å²) in [6.07, 6.45) is 0.499. The third-order valence-electron chi connectivity index (χ3n) is 4.73. The fourth-order valence-corrected chi connectivity index (χ4v) is 3.92. The Bertz CT molecular complexity index is 1320. The molecule has 0 bridgehead atoms. The van der Waals surface area contributed by atoms with Crippen molar-refractivity contribution in [1.29, 1.82) is 0 Å². The molecule has 0 amide bonds. The Morgan fingerprint density at radius 1 is 1.03 bits per heavy atom. The Morgan fingerprint density at radius 3 is 2.39 bits per heavy atom. The van der Waals surface area contributed by atoms with Crippen LogP contribution in [0.25, 0.3) is 22.6 Å². The molecule has 2 N–H and O–H groups in total. The smallest absolute Gasteiger partial charge is 0.238 e. The Kier molecular flexibility index (Phi) is 5.82. The van der Waals surface area contributed by atoms with Crippen LogP contribution in [0.1, 0.15) is 11.5 Å². The van der Waals surface area contributed by atoms with Crippen LogP contribution < -0.4 is 9.88 Å². The maximum atomic E-state index is 11.6. The molecule has 1 aromatic heterocycles. The van der Waals surface area contributed by atoms with E-state index in [1.807, 2.05) is 30.3 Å². The molecule has 8 heteroatoms. The Hall–Kier alpha value is -3.13. The third-order valence-corrected chi connectivity index (χ3v) is 5.90. The molecule has 0 aliphatic heterocycles. The molecular formula is C23H19ClN2O4S. The summed E-state index contributed by atoms with van der Waals surface area (Å²) in [7, 11) is -2.24. The molecule has 0 saturated carbocycles. The van der Waals surface area contributed by atoms with E-state index in [9.17, 15) is 8.42 Å². The van der Waals surface area contributed by atoms with Crippen molar-refractivity contribution in [3.8, 4) is 28.3 Å². The lowest BCUT2D eigenvalue weighted by Crippen LogP contribution is -2.11. The summed E-state index contributed by atoms with van der Waals surface area (Å²) < 4.78 is 34.9. The molecule has 0 unspecified atom stereocenters. The van der Waals surface area contributed by atoms with Gasteiger partial charge in [0, 0.05) is 17.0 Å². The number of sulfonamides is 1. The minimum Gasteiger partial charge on any atom is -0.496 e. The van der Waals surface area contributed by atoms with Gasteiger partial charge in [0.1, 0.15) is 11.4 Å². The van der Waals surface area contributed by atoms with Crippen LogP contribution in [0.4, 0.5) is 0 Å². The van der Waals surface area contributed by atoms with E-state index in [0.717, 1.165) is 5.56 Å². The second kappa shape index (κ2) is 8.55. The van der Waals surface area contributed by atoms with Crippen LogP contribution in [0.2, 0.25) is 5.02 Å². The minimum atomic E-state index is -3.79. The molecule has 0 aliphatic carbocycles. The Labute approximate surface area is 185 Å². The summed E-state index contributed by atoms with van der Waals surface area (Å²) in [6.45, 7) is 0. The molecule has 0 saturated heterocycles. The second-order valence-electron chi connectivity index (χ2n) is 6.86. The van der Waals surface area contributed by atoms with Crippen LogP contribution in [0.3, 0.4) is 0 Å². The van der Waals surface area contributed by atoms with Gasteiger partial charge >= 0.3 is 0 Å². The highest BCUT2D eigenvalue weighted by Crippen LogP contribution is 2.39. The number of hydrogen-bond acceptors (Lipinski definition) is 5. The zero-order valence-electron chi connectivity index (χ0n) is 16.6. The fraction of sp³-hybridized carbons (Fsp3) is 0.0870. The Balaban J connectivity index is 1.84. The number of aromatic nitrogens is 1. The summed E-state index contributed by atoms with van der Waals surface area (Å²) in [5.41, 5.74) is 2.98. The maximum Gasteiger partial charge on any atom is 0.238 e. The Morgan fingerprint density at radius 2 is 1.74 bits per heavy atom. The maximum absolute atomic E-state index is 11.6. The van der Waals surface area contributed by atoms with Crippen LogP contribution in [0.5, 0.6) is 5.75 Å². The lowest BCUT2D eigenvalue weighted by Gasteiger charge is -2.08. The first-order chi connectivity index (χ1) is 14.8. The molecule has 31 heavy (non-hydrogen) atoms. The molecule has 0 radical (unpaired) electrons. The number of ether oxygens (including phenoxy) is 1. The first-order valence-corrected chi connectivity index (χ1v) is 11.3. The van der Waals surface area contributed by atoms with Gasteiger partial charge in [-0.1, -0.05) is 54.1 Å². The summed E-state index contributed by atoms with van der Waals surface area (Å²) in [4.78, 5) is 4.73. The second-order valence-corrected chi connectivity index (χ2v) is 8.86. The van der Waals surface area contributed by atoms with Crippen molar-refractivity contribution in [3.63, 3.8) is 0 Å². The third kappa shape index (κ3) is 4.64. The average Bonchev–Trinajstić information content (AvgIpc) is 3.17. The molecule has 4 rings (SSSR count). The van der Waals surface area contributed by atoms with E-state index in [0.29, 0.717) is 45.7 Å². The molecule has 4 aromatic rings. The van der Waals surface area contributed by atoms with E-state index in [1.54, 1.807) is 37.4 Å². The highest BCUT2D eigenvalue weighted by atomic mass is 35.5. The van der Waals surface area contributed by atoms with Crippen molar-refractivity contribution in [1.82, 2.24) is 4.98 Å². The van der Waals surface area contributed by atoms with Gasteiger partial charge in [-0.15, -0.1) is 0 Å². The molecular weight excluding hydrogens is 436 g/mol. The quantitative estimate of drug-likeness (QED) is 0.446. The first-order valence-electron chi connectivity index (χ1n) is 9.36. The number of hydrogen-bond donors (Lipinski definition) is 1. The summed E-state index contributed by atoms with van der Waals surface area (Å²) in [5.74, 6) is 1.56. The van der Waals surface area contributed by atoms with Gasteiger partial charge in [0.25, 0.3) is 0 Å². The number of oxazole rings is 1. The standard InChI is InChI=1S/C23H19ClN2O4S/c1-29-20-14-17(24)9-12-19(20)23-22(16-7-10-18(11-8-16)31(25,27)28)26-21(30-23)13-15-5-3-2-4-6-15/h2-12,14H,13H2,1H3,(H2,25,27,28). The molecule has 6 nitrogen and oxygen atoms in total. The molecule has 158 valence electrons. The van der Waals surface area contributed by atoms with E-state index in [-0.39, 0.29) is 4.90 Å². The number of nitrogens with zero attached hydrogens (tertiary/aromatic N) is 1. The summed E-state index contributed by atoms with van der Waals surface area (Å²) in [6, 6.07) is 21.3. The SMILES string of the molecule is COc1cc(Cl)ccc1-c1oc(Cc2ccccc2)nc1-c1ccc(S(N)(=O)=O)cc1. The lowest BCUT2D eigenvalue weighted by molar-refractivity contribution is 0.414. The van der Waals surface area contributed by atoms with E-state index >= 15 is 0 Å². The summed E-state index contributed by atoms with van der Waals surface area (Å²) in [5, 5.41) is 5.75. The monoisotopic (exact) mass is 454 g/mol. The molecule has 3 aromatic carbocycles. The highest BCUT2D eigenvalue weighted by Gasteiger charge is 2.21. The molecule has 0 spiro atoms. The van der Waals surface area contributed by atoms with Crippen LogP contribution in [-0.2, 0) is 16.4 Å². The fourth-order valence-electron chi connectivity index (χ4n) is 3.24. The topological polar surface area (TPSA) is 95.4 Å². The summed E-state index contributed by atoms with van der Waals surface area (Å²) >= 11 is 6.12. The number of halogens is 1. The number of methoxy groups -OCH3 is 1. The predicted molar refractivity (Wildman–Crippen MR) is 120 cm³/mol. The minimum absolute atomic E-state index is 0.0230. The van der Waals surface area contributed by atoms with Crippen molar-refractivity contribution in [2.24, 2.45) is 5.14 Å². The van der Waals surface area contributed by atoms with Crippen LogP contribution in [0, 0.1) is 0 Å². The van der Waals surface area contributed by atoms with Crippen LogP contribution in [0.15, 0.2) is 82.1 Å². The van der Waals surface area contributed by atoms with Crippen molar-refractivity contribution >= 4 is 21.6 Å². The largest absolute Gasteiger partial charge is 0.496 e. The molecule has 0 fully saturated rings. The van der Waals surface area contributed by atoms with E-state index in [4.69, 9.17) is 30.9 Å². The number of primary sulfonamides is 1. The zero-order chi connectivity index (χ0) is 22.0. The molecule has 0 aliphatic rings. The zero-order valence-corrected chi connectivity index (χ0v) is 18.2. The van der Waals surface area contributed by atoms with E-state index in [1.165, 1.54) is 12.1 Å². The highest BCUT2D eigenvalue weighted by molar-refractivity contribution is 7.89. The van der Waals surface area contributed by atoms with Crippen molar-refractivity contribution in [3.05, 3.63) is 89.3 Å². The van der Waals surface area contributed by atoms with Gasteiger partial charge in [-0.05, 0) is 35.9 Å². The molecule has 1 heterocycles. The number of benzene rings is 3. The van der Waals surface area contributed by atoms with Gasteiger partial charge in [-0.3, -0.25) is 0 Å². The van der Waals surface area contributed by atoms with Gasteiger partial charge in [0.15, 0.2) is 11.7 Å². The average molecular weight is 455 g/mol. The first kappa shape index (κ1) is 21.1. The van der Waals surface area contributed by atoms with Crippen molar-refractivity contribution in [2.45, 2.75) is 11.3 Å². The lowest BCUT2D eigenvalue weighted by atomic mass is 10.1. The number of rotatable bonds is 6. The molecule has 0 atom stereocenters. The number of nitrogens with two attached hydrogens (primary N) is 1. The van der Waals surface area contributed by atoms with Crippen LogP contribution in [-0.4, -0.2) is 20.5 Å². The van der Waals surface area contributed by atoms with Crippen molar-refractivity contribution in [2.75, 3.05) is 7.11 Å². The normalized spacial score (nSPS) is 11.5. The van der Waals surface area contributed by atoms with E-state index in [2.05, 4.69) is 0 Å². The van der Waals surface area contributed by atoms with E-state index < -0.39 is 10.0 Å². The predicted octanol–water partition coefficient (Wildman–Crippen LogP) is 4.91. The van der Waals surface area contributed by atoms with Gasteiger partial charge in [0.05, 0.1) is 17.6 Å².